The third-order valence-electron chi connectivity index (χ3n) is 3.65. The summed E-state index contributed by atoms with van der Waals surface area (Å²) in [6.45, 7) is 9.98. The molecular formula is C15H29N3O2. The molecule has 0 aromatic rings. The average molecular weight is 283 g/mol. The Bertz CT molecular complexity index is 353. The Labute approximate surface area is 122 Å². The van der Waals surface area contributed by atoms with Gasteiger partial charge in [-0.1, -0.05) is 27.7 Å². The van der Waals surface area contributed by atoms with Crippen LogP contribution in [-0.4, -0.2) is 43.0 Å². The molecule has 1 aliphatic rings. The number of nitrogens with zero attached hydrogens (tertiary/aromatic N) is 1. The molecule has 5 heteroatoms. The first-order valence-electron chi connectivity index (χ1n) is 7.48. The Hall–Kier alpha value is -1.26. The molecule has 0 bridgehead atoms. The van der Waals surface area contributed by atoms with Gasteiger partial charge in [-0.05, 0) is 24.2 Å². The van der Waals surface area contributed by atoms with Crippen LogP contribution in [0.15, 0.2) is 0 Å². The minimum Gasteiger partial charge on any atom is -0.344 e. The molecule has 1 saturated heterocycles. The minimum atomic E-state index is -0.130. The van der Waals surface area contributed by atoms with E-state index in [1.165, 1.54) is 0 Å². The third-order valence-corrected chi connectivity index (χ3v) is 3.65. The van der Waals surface area contributed by atoms with Crippen LogP contribution in [0.1, 0.15) is 47.0 Å². The van der Waals surface area contributed by atoms with Gasteiger partial charge >= 0.3 is 6.03 Å². The Morgan fingerprint density at radius 2 is 2.10 bits per heavy atom. The zero-order valence-electron chi connectivity index (χ0n) is 13.5. The molecule has 0 spiro atoms. The number of nitrogens with one attached hydrogen (secondary N) is 2. The Balaban J connectivity index is 2.32. The van der Waals surface area contributed by atoms with Crippen molar-refractivity contribution in [1.29, 1.82) is 0 Å². The molecule has 1 fully saturated rings. The summed E-state index contributed by atoms with van der Waals surface area (Å²) in [5, 5.41) is 5.90. The monoisotopic (exact) mass is 283 g/mol. The van der Waals surface area contributed by atoms with E-state index in [1.54, 1.807) is 11.9 Å². The summed E-state index contributed by atoms with van der Waals surface area (Å²) < 4.78 is 0. The molecular weight excluding hydrogens is 254 g/mol. The van der Waals surface area contributed by atoms with E-state index in [4.69, 9.17) is 0 Å². The summed E-state index contributed by atoms with van der Waals surface area (Å²) in [4.78, 5) is 25.0. The van der Waals surface area contributed by atoms with Gasteiger partial charge in [-0.2, -0.15) is 0 Å². The molecule has 3 amide bonds. The van der Waals surface area contributed by atoms with Crippen LogP contribution in [0.2, 0.25) is 0 Å². The van der Waals surface area contributed by atoms with Gasteiger partial charge in [-0.3, -0.25) is 4.79 Å². The van der Waals surface area contributed by atoms with E-state index in [9.17, 15) is 9.59 Å². The number of hydrogen-bond acceptors (Lipinski definition) is 2. The van der Waals surface area contributed by atoms with Crippen molar-refractivity contribution in [3.05, 3.63) is 0 Å². The van der Waals surface area contributed by atoms with E-state index in [2.05, 4.69) is 38.3 Å². The topological polar surface area (TPSA) is 61.4 Å². The first-order valence-corrected chi connectivity index (χ1v) is 7.48. The van der Waals surface area contributed by atoms with Crippen LogP contribution in [0.5, 0.6) is 0 Å². The molecule has 116 valence electrons. The van der Waals surface area contributed by atoms with Crippen molar-refractivity contribution in [3.8, 4) is 0 Å². The lowest BCUT2D eigenvalue weighted by molar-refractivity contribution is -0.132. The average Bonchev–Trinajstić information content (AvgIpc) is 2.30. The van der Waals surface area contributed by atoms with Gasteiger partial charge in [0, 0.05) is 32.6 Å². The van der Waals surface area contributed by atoms with Gasteiger partial charge in [-0.25, -0.2) is 4.79 Å². The van der Waals surface area contributed by atoms with Crippen LogP contribution in [0.25, 0.3) is 0 Å². The maximum atomic E-state index is 11.9. The molecule has 1 rings (SSSR count). The van der Waals surface area contributed by atoms with E-state index in [1.807, 2.05) is 0 Å². The van der Waals surface area contributed by atoms with Crippen molar-refractivity contribution >= 4 is 11.9 Å². The summed E-state index contributed by atoms with van der Waals surface area (Å²) in [5.74, 6) is 0.773. The van der Waals surface area contributed by atoms with Crippen LogP contribution >= 0.6 is 0 Å². The third kappa shape index (κ3) is 5.80. The smallest absolute Gasteiger partial charge is 0.315 e. The van der Waals surface area contributed by atoms with Gasteiger partial charge in [0.15, 0.2) is 0 Å². The highest BCUT2D eigenvalue weighted by atomic mass is 16.2. The number of likely N-dealkylation sites (N-methyl/N-ethyl adjacent to an activating group) is 1. The summed E-state index contributed by atoms with van der Waals surface area (Å²) in [6, 6.07) is -0.0690. The standard InChI is InChI=1S/C15H29N3O2/c1-11(2)8-15(3,4)10-16-14(20)17-12-6-7-13(19)18(5)9-12/h11-12H,6-10H2,1-5H3,(H2,16,17,20)/t12-/m1/s1. The lowest BCUT2D eigenvalue weighted by Crippen LogP contribution is -2.52. The van der Waals surface area contributed by atoms with E-state index < -0.39 is 0 Å². The number of rotatable bonds is 5. The van der Waals surface area contributed by atoms with Gasteiger partial charge in [0.25, 0.3) is 0 Å². The maximum absolute atomic E-state index is 11.9. The molecule has 0 unspecified atom stereocenters. The van der Waals surface area contributed by atoms with E-state index >= 15 is 0 Å². The molecule has 5 nitrogen and oxygen atoms in total. The Kier molecular flexibility index (Phi) is 5.84. The first kappa shape index (κ1) is 16.8. The van der Waals surface area contributed by atoms with Gasteiger partial charge < -0.3 is 15.5 Å². The first-order chi connectivity index (χ1) is 9.19. The highest BCUT2D eigenvalue weighted by molar-refractivity contribution is 5.78. The Morgan fingerprint density at radius 3 is 2.65 bits per heavy atom. The predicted octanol–water partition coefficient (Wildman–Crippen LogP) is 1.98. The molecule has 1 aliphatic heterocycles. The number of urea groups is 1. The van der Waals surface area contributed by atoms with Gasteiger partial charge in [0.1, 0.15) is 0 Å². The van der Waals surface area contributed by atoms with E-state index in [0.29, 0.717) is 25.4 Å². The van der Waals surface area contributed by atoms with Crippen molar-refractivity contribution in [2.45, 2.75) is 53.0 Å². The zero-order chi connectivity index (χ0) is 15.3. The summed E-state index contributed by atoms with van der Waals surface area (Å²) in [7, 11) is 1.78. The second-order valence-electron chi connectivity index (χ2n) is 7.10. The lowest BCUT2D eigenvalue weighted by Gasteiger charge is -2.31. The largest absolute Gasteiger partial charge is 0.344 e. The molecule has 1 atom stereocenters. The fourth-order valence-electron chi connectivity index (χ4n) is 2.86. The fourth-order valence-corrected chi connectivity index (χ4v) is 2.86. The van der Waals surface area contributed by atoms with Crippen molar-refractivity contribution in [2.24, 2.45) is 11.3 Å². The summed E-state index contributed by atoms with van der Waals surface area (Å²) in [6.07, 6.45) is 2.32. The molecule has 0 radical (unpaired) electrons. The van der Waals surface area contributed by atoms with Crippen LogP contribution in [0, 0.1) is 11.3 Å². The quantitative estimate of drug-likeness (QED) is 0.810. The van der Waals surface area contributed by atoms with Crippen molar-refractivity contribution in [3.63, 3.8) is 0 Å². The molecule has 0 aromatic carbocycles. The molecule has 1 heterocycles. The molecule has 0 aliphatic carbocycles. The van der Waals surface area contributed by atoms with Crippen LogP contribution in [0.4, 0.5) is 4.79 Å². The van der Waals surface area contributed by atoms with Gasteiger partial charge in [0.2, 0.25) is 5.91 Å². The number of amides is 3. The summed E-state index contributed by atoms with van der Waals surface area (Å²) in [5.41, 5.74) is 0.102. The summed E-state index contributed by atoms with van der Waals surface area (Å²) >= 11 is 0. The van der Waals surface area contributed by atoms with Crippen molar-refractivity contribution in [2.75, 3.05) is 20.1 Å². The number of carbonyl (C=O) groups is 2. The predicted molar refractivity (Wildman–Crippen MR) is 80.4 cm³/mol. The lowest BCUT2D eigenvalue weighted by atomic mass is 9.84. The normalized spacial score (nSPS) is 20.2. The molecule has 0 saturated carbocycles. The molecule has 20 heavy (non-hydrogen) atoms. The van der Waals surface area contributed by atoms with E-state index in [-0.39, 0.29) is 23.4 Å². The van der Waals surface area contributed by atoms with Crippen molar-refractivity contribution < 1.29 is 9.59 Å². The SMILES string of the molecule is CC(C)CC(C)(C)CNC(=O)N[C@@H]1CCC(=O)N(C)C1. The number of hydrogen-bond donors (Lipinski definition) is 2. The minimum absolute atomic E-state index is 0.0610. The van der Waals surface area contributed by atoms with Crippen LogP contribution < -0.4 is 10.6 Å². The number of likely N-dealkylation sites (tertiary alicyclic amines) is 1. The van der Waals surface area contributed by atoms with Crippen molar-refractivity contribution in [1.82, 2.24) is 15.5 Å². The maximum Gasteiger partial charge on any atom is 0.315 e. The fraction of sp³-hybridized carbons (Fsp3) is 0.867. The highest BCUT2D eigenvalue weighted by Crippen LogP contribution is 2.23. The van der Waals surface area contributed by atoms with Gasteiger partial charge in [-0.15, -0.1) is 0 Å². The number of carbonyl (C=O) groups excluding carboxylic acids is 2. The zero-order valence-corrected chi connectivity index (χ0v) is 13.5. The molecule has 0 aromatic heterocycles. The number of piperidine rings is 1. The Morgan fingerprint density at radius 1 is 1.45 bits per heavy atom. The molecule has 2 N–H and O–H groups in total. The van der Waals surface area contributed by atoms with Crippen LogP contribution in [0.3, 0.4) is 0 Å². The second-order valence-corrected chi connectivity index (χ2v) is 7.10. The van der Waals surface area contributed by atoms with Crippen LogP contribution in [-0.2, 0) is 4.79 Å². The van der Waals surface area contributed by atoms with Gasteiger partial charge in [0.05, 0.1) is 0 Å². The van der Waals surface area contributed by atoms with E-state index in [0.717, 1.165) is 12.8 Å². The highest BCUT2D eigenvalue weighted by Gasteiger charge is 2.25. The second kappa shape index (κ2) is 6.95.